The van der Waals surface area contributed by atoms with Crippen molar-refractivity contribution in [2.45, 2.75) is 271 Å². The summed E-state index contributed by atoms with van der Waals surface area (Å²) in [6.45, 7) is 17.2. The molecule has 1 unspecified atom stereocenters. The van der Waals surface area contributed by atoms with Crippen molar-refractivity contribution in [2.75, 3.05) is 13.2 Å². The van der Waals surface area contributed by atoms with Crippen LogP contribution in [-0.4, -0.2) is 23.9 Å². The van der Waals surface area contributed by atoms with Crippen LogP contribution < -0.4 is 0 Å². The average molecular weight is 700 g/mol. The molecule has 0 aliphatic rings. The van der Waals surface area contributed by atoms with E-state index in [1.165, 1.54) is 180 Å². The van der Waals surface area contributed by atoms with Crippen molar-refractivity contribution in [3.8, 4) is 0 Å². The third-order valence-corrected chi connectivity index (χ3v) is 12.6. The lowest BCUT2D eigenvalue weighted by Gasteiger charge is -2.57. The number of hydrogen-bond acceptors (Lipinski definition) is 2. The Kier molecular flexibility index (Phi) is 33.2. The molecule has 0 aliphatic heterocycles. The zero-order valence-corrected chi connectivity index (χ0v) is 35.2. The largest absolute Gasteiger partial charge is 0.375 e. The van der Waals surface area contributed by atoms with Crippen molar-refractivity contribution in [1.29, 1.82) is 0 Å². The minimum atomic E-state index is -0.685. The van der Waals surface area contributed by atoms with Crippen LogP contribution in [0.2, 0.25) is 0 Å². The minimum Gasteiger partial charge on any atom is -0.375 e. The fourth-order valence-corrected chi connectivity index (χ4v) is 9.36. The van der Waals surface area contributed by atoms with Crippen LogP contribution in [-0.2, 0) is 9.47 Å². The summed E-state index contributed by atoms with van der Waals surface area (Å²) in [5.41, 5.74) is -0.429. The summed E-state index contributed by atoms with van der Waals surface area (Å²) in [5, 5.41) is -0.685. The van der Waals surface area contributed by atoms with E-state index in [9.17, 15) is 0 Å². The third kappa shape index (κ3) is 19.7. The molecular weight excluding hydrogens is 608 g/mol. The van der Waals surface area contributed by atoms with Gasteiger partial charge in [0.15, 0.2) is 0 Å². The van der Waals surface area contributed by atoms with Crippen LogP contribution in [0.25, 0.3) is 0 Å². The van der Waals surface area contributed by atoms with Gasteiger partial charge in [0.25, 0.3) is 0 Å². The highest BCUT2D eigenvalue weighted by molar-refractivity contribution is 6.23. The first kappa shape index (κ1) is 48.2. The Labute approximate surface area is 309 Å². The Morgan fingerprint density at radius 1 is 0.333 bits per heavy atom. The Morgan fingerprint density at radius 3 is 0.833 bits per heavy atom. The smallest absolute Gasteiger partial charge is 0.149 e. The van der Waals surface area contributed by atoms with Gasteiger partial charge in [-0.05, 0) is 46.0 Å². The Morgan fingerprint density at radius 2 is 0.604 bits per heavy atom. The Balaban J connectivity index is 5.02. The van der Waals surface area contributed by atoms with Crippen LogP contribution in [0.4, 0.5) is 0 Å². The van der Waals surface area contributed by atoms with Crippen LogP contribution in [0.5, 0.6) is 0 Å². The Hall–Kier alpha value is 0.210. The highest BCUT2D eigenvalue weighted by atomic mass is 35.5. The molecule has 0 bridgehead atoms. The maximum Gasteiger partial charge on any atom is 0.149 e. The highest BCUT2D eigenvalue weighted by Gasteiger charge is 2.61. The first-order chi connectivity index (χ1) is 23.4. The second kappa shape index (κ2) is 33.1. The number of halogens is 1. The molecule has 0 aromatic rings. The van der Waals surface area contributed by atoms with Crippen molar-refractivity contribution < 1.29 is 9.47 Å². The minimum absolute atomic E-state index is 0.180. The van der Waals surface area contributed by atoms with Crippen molar-refractivity contribution in [2.24, 2.45) is 5.41 Å². The molecule has 0 saturated carbocycles. The second-order valence-electron chi connectivity index (χ2n) is 15.4. The van der Waals surface area contributed by atoms with Crippen molar-refractivity contribution in [1.82, 2.24) is 0 Å². The fourth-order valence-electron chi connectivity index (χ4n) is 8.89. The molecule has 48 heavy (non-hydrogen) atoms. The molecule has 0 spiro atoms. The van der Waals surface area contributed by atoms with Crippen molar-refractivity contribution in [3.05, 3.63) is 0 Å². The summed E-state index contributed by atoms with van der Waals surface area (Å²) in [4.78, 5) is 0. The lowest BCUT2D eigenvalue weighted by Crippen LogP contribution is -2.61. The van der Waals surface area contributed by atoms with E-state index in [1.807, 2.05) is 0 Å². The predicted octanol–water partition coefficient (Wildman–Crippen LogP) is 16.7. The quantitative estimate of drug-likeness (QED) is 0.0470. The molecule has 0 aliphatic carbocycles. The summed E-state index contributed by atoms with van der Waals surface area (Å²) in [5.74, 6) is 0. The van der Waals surface area contributed by atoms with Gasteiger partial charge in [0.1, 0.15) is 5.06 Å². The van der Waals surface area contributed by atoms with Crippen molar-refractivity contribution >= 4 is 11.6 Å². The van der Waals surface area contributed by atoms with E-state index in [-0.39, 0.29) is 11.0 Å². The van der Waals surface area contributed by atoms with Gasteiger partial charge in [0.05, 0.1) is 5.60 Å². The lowest BCUT2D eigenvalue weighted by atomic mass is 9.59. The van der Waals surface area contributed by atoms with Crippen LogP contribution in [0.1, 0.15) is 260 Å². The molecular formula is C45H91ClO2. The molecule has 0 radical (unpaired) electrons. The van der Waals surface area contributed by atoms with E-state index in [2.05, 4.69) is 48.5 Å². The molecule has 0 aromatic carbocycles. The summed E-state index contributed by atoms with van der Waals surface area (Å²) < 4.78 is 13.5. The van der Waals surface area contributed by atoms with Crippen molar-refractivity contribution in [3.63, 3.8) is 0 Å². The van der Waals surface area contributed by atoms with E-state index >= 15 is 0 Å². The van der Waals surface area contributed by atoms with Gasteiger partial charge < -0.3 is 9.47 Å². The number of ether oxygens (including phenoxy) is 2. The molecule has 0 heterocycles. The molecule has 0 N–H and O–H groups in total. The molecule has 290 valence electrons. The maximum atomic E-state index is 7.74. The summed E-state index contributed by atoms with van der Waals surface area (Å²) in [6, 6.07) is 0. The second-order valence-corrected chi connectivity index (χ2v) is 16.0. The summed E-state index contributed by atoms with van der Waals surface area (Å²) >= 11 is 7.74. The van der Waals surface area contributed by atoms with Crippen LogP contribution in [0.15, 0.2) is 0 Å². The van der Waals surface area contributed by atoms with Gasteiger partial charge in [-0.2, -0.15) is 0 Å². The average Bonchev–Trinajstić information content (AvgIpc) is 3.10. The molecule has 0 amide bonds. The standard InChI is InChI=1S/C45H91ClO2/c1-8-15-17-19-21-23-25-27-29-31-33-35-37-39-41-43(45(46,12-5)48-14-7,44(10-3,11-4)47-13-6)42-40-38-36-34-32-30-28-26-24-22-20-18-16-9-2/h8-42H2,1-7H3. The van der Waals surface area contributed by atoms with Gasteiger partial charge in [-0.1, -0.05) is 226 Å². The zero-order valence-electron chi connectivity index (χ0n) is 34.4. The van der Waals surface area contributed by atoms with Gasteiger partial charge in [-0.15, -0.1) is 0 Å². The summed E-state index contributed by atoms with van der Waals surface area (Å²) in [6.07, 6.45) is 44.0. The topological polar surface area (TPSA) is 18.5 Å². The van der Waals surface area contributed by atoms with Gasteiger partial charge in [-0.3, -0.25) is 0 Å². The normalized spacial score (nSPS) is 13.8. The molecule has 0 fully saturated rings. The van der Waals surface area contributed by atoms with E-state index < -0.39 is 5.06 Å². The fraction of sp³-hybridized carbons (Fsp3) is 1.00. The van der Waals surface area contributed by atoms with Gasteiger partial charge in [0, 0.05) is 18.6 Å². The van der Waals surface area contributed by atoms with E-state index in [0.29, 0.717) is 6.61 Å². The Bertz CT molecular complexity index is 615. The predicted molar refractivity (Wildman–Crippen MR) is 218 cm³/mol. The number of hydrogen-bond donors (Lipinski definition) is 0. The highest BCUT2D eigenvalue weighted by Crippen LogP contribution is 2.58. The monoisotopic (exact) mass is 699 g/mol. The first-order valence-corrected chi connectivity index (χ1v) is 22.8. The summed E-state index contributed by atoms with van der Waals surface area (Å²) in [7, 11) is 0. The molecule has 2 nitrogen and oxygen atoms in total. The molecule has 3 heteroatoms. The SMILES string of the molecule is CCCCCCCCCCCCCCCCC(CCCCCCCCCCCCCCCC)(C(Cl)(CC)OCC)C(CC)(CC)OCC. The lowest BCUT2D eigenvalue weighted by molar-refractivity contribution is -0.217. The molecule has 1 atom stereocenters. The van der Waals surface area contributed by atoms with Gasteiger partial charge in [-0.25, -0.2) is 0 Å². The molecule has 0 aromatic heterocycles. The van der Waals surface area contributed by atoms with Crippen LogP contribution >= 0.6 is 11.6 Å². The van der Waals surface area contributed by atoms with E-state index in [4.69, 9.17) is 21.1 Å². The number of unbranched alkanes of at least 4 members (excludes halogenated alkanes) is 26. The van der Waals surface area contributed by atoms with E-state index in [0.717, 1.165) is 38.7 Å². The molecule has 0 rings (SSSR count). The third-order valence-electron chi connectivity index (χ3n) is 11.9. The zero-order chi connectivity index (χ0) is 35.7. The van der Waals surface area contributed by atoms with E-state index in [1.54, 1.807) is 0 Å². The van der Waals surface area contributed by atoms with Crippen LogP contribution in [0, 0.1) is 5.41 Å². The first-order valence-electron chi connectivity index (χ1n) is 22.4. The van der Waals surface area contributed by atoms with Gasteiger partial charge >= 0.3 is 0 Å². The van der Waals surface area contributed by atoms with Crippen LogP contribution in [0.3, 0.4) is 0 Å². The molecule has 0 saturated heterocycles. The van der Waals surface area contributed by atoms with Gasteiger partial charge in [0.2, 0.25) is 0 Å². The number of rotatable bonds is 39. The number of alkyl halides is 1. The maximum absolute atomic E-state index is 7.74.